The summed E-state index contributed by atoms with van der Waals surface area (Å²) in [5.74, 6) is 0.00405. The molecule has 1 aliphatic heterocycles. The van der Waals surface area contributed by atoms with E-state index < -0.39 is 17.7 Å². The number of piperidine rings is 1. The van der Waals surface area contributed by atoms with E-state index in [1.165, 1.54) is 0 Å². The van der Waals surface area contributed by atoms with Gasteiger partial charge in [0.1, 0.15) is 11.6 Å². The number of rotatable bonds is 2. The number of carbonyl (C=O) groups is 2. The number of hydrogen-bond donors (Lipinski definition) is 2. The largest absolute Gasteiger partial charge is 0.444 e. The second kappa shape index (κ2) is 6.38. The Hall–Kier alpha value is -2.04. The normalized spacial score (nSPS) is 25.3. The third-order valence-corrected chi connectivity index (χ3v) is 3.70. The van der Waals surface area contributed by atoms with Crippen molar-refractivity contribution in [3.05, 3.63) is 35.9 Å². The van der Waals surface area contributed by atoms with Crippen molar-refractivity contribution in [3.63, 3.8) is 0 Å². The highest BCUT2D eigenvalue weighted by Gasteiger charge is 2.35. The van der Waals surface area contributed by atoms with Crippen LogP contribution in [-0.2, 0) is 9.53 Å². The molecule has 0 bridgehead atoms. The van der Waals surface area contributed by atoms with Crippen LogP contribution in [0.4, 0.5) is 4.79 Å². The Morgan fingerprint density at radius 2 is 1.91 bits per heavy atom. The van der Waals surface area contributed by atoms with Crippen molar-refractivity contribution >= 4 is 12.0 Å². The lowest BCUT2D eigenvalue weighted by Gasteiger charge is -2.35. The van der Waals surface area contributed by atoms with E-state index in [-0.39, 0.29) is 17.9 Å². The van der Waals surface area contributed by atoms with Crippen LogP contribution in [-0.4, -0.2) is 29.7 Å². The topological polar surface area (TPSA) is 67.4 Å². The van der Waals surface area contributed by atoms with Crippen LogP contribution in [0.25, 0.3) is 0 Å². The molecule has 2 rings (SSSR count). The lowest BCUT2D eigenvalue weighted by Crippen LogP contribution is -2.56. The summed E-state index contributed by atoms with van der Waals surface area (Å²) in [5.41, 5.74) is 0.576. The second-order valence-corrected chi connectivity index (χ2v) is 6.75. The molecule has 0 saturated carbocycles. The number of hydrogen-bond acceptors (Lipinski definition) is 3. The van der Waals surface area contributed by atoms with Crippen molar-refractivity contribution < 1.29 is 14.3 Å². The van der Waals surface area contributed by atoms with Gasteiger partial charge in [-0.1, -0.05) is 30.3 Å². The summed E-state index contributed by atoms with van der Waals surface area (Å²) in [6.07, 6.45) is 0.00463. The van der Waals surface area contributed by atoms with E-state index in [0.29, 0.717) is 6.42 Å². The Bertz CT molecular complexity index is 537. The van der Waals surface area contributed by atoms with Crippen LogP contribution in [0.1, 0.15) is 45.6 Å². The van der Waals surface area contributed by atoms with E-state index in [1.54, 1.807) is 20.8 Å². The molecule has 0 spiro atoms. The quantitative estimate of drug-likeness (QED) is 0.882. The minimum absolute atomic E-state index is 0.0339. The highest BCUT2D eigenvalue weighted by Crippen LogP contribution is 2.28. The monoisotopic (exact) mass is 304 g/mol. The van der Waals surface area contributed by atoms with Gasteiger partial charge in [-0.2, -0.15) is 0 Å². The minimum Gasteiger partial charge on any atom is -0.444 e. The number of ether oxygens (including phenoxy) is 1. The predicted molar refractivity (Wildman–Crippen MR) is 84.6 cm³/mol. The van der Waals surface area contributed by atoms with Gasteiger partial charge < -0.3 is 15.4 Å². The first-order valence-corrected chi connectivity index (χ1v) is 7.61. The average Bonchev–Trinajstić information content (AvgIpc) is 2.41. The smallest absolute Gasteiger partial charge is 0.408 e. The van der Waals surface area contributed by atoms with Crippen LogP contribution in [0.15, 0.2) is 30.3 Å². The van der Waals surface area contributed by atoms with E-state index in [9.17, 15) is 9.59 Å². The maximum Gasteiger partial charge on any atom is 0.408 e. The molecule has 0 radical (unpaired) electrons. The molecular formula is C17H24N2O3. The molecule has 120 valence electrons. The van der Waals surface area contributed by atoms with Gasteiger partial charge in [-0.05, 0) is 39.7 Å². The first-order chi connectivity index (χ1) is 10.3. The molecule has 1 aromatic rings. The predicted octanol–water partition coefficient (Wildman–Crippen LogP) is 2.57. The molecule has 1 aromatic carbocycles. The van der Waals surface area contributed by atoms with Crippen molar-refractivity contribution in [1.29, 1.82) is 0 Å². The number of carbonyl (C=O) groups excluding carboxylic acids is 2. The van der Waals surface area contributed by atoms with Gasteiger partial charge in [0, 0.05) is 12.0 Å². The molecule has 3 atom stereocenters. The number of benzene rings is 1. The Morgan fingerprint density at radius 1 is 1.27 bits per heavy atom. The standard InChI is InChI=1S/C17H24N2O3/c1-11-13(12-8-6-5-7-9-12)10-14(15(20)18-11)19-16(21)22-17(2,3)4/h5-9,11,13-14H,10H2,1-4H3,(H,18,20)(H,19,21)/t11-,13-,14+/m0/s1. The fourth-order valence-electron chi connectivity index (χ4n) is 2.69. The zero-order chi connectivity index (χ0) is 16.3. The van der Waals surface area contributed by atoms with Crippen molar-refractivity contribution in [1.82, 2.24) is 10.6 Å². The van der Waals surface area contributed by atoms with Crippen LogP contribution in [0.3, 0.4) is 0 Å². The van der Waals surface area contributed by atoms with E-state index in [2.05, 4.69) is 10.6 Å². The van der Waals surface area contributed by atoms with Gasteiger partial charge in [-0.15, -0.1) is 0 Å². The lowest BCUT2D eigenvalue weighted by atomic mass is 9.83. The van der Waals surface area contributed by atoms with Gasteiger partial charge in [0.25, 0.3) is 0 Å². The molecule has 0 unspecified atom stereocenters. The Balaban J connectivity index is 2.06. The average molecular weight is 304 g/mol. The van der Waals surface area contributed by atoms with E-state index in [4.69, 9.17) is 4.74 Å². The maximum absolute atomic E-state index is 12.1. The summed E-state index contributed by atoms with van der Waals surface area (Å²) in [5, 5.41) is 5.61. The molecule has 1 saturated heterocycles. The van der Waals surface area contributed by atoms with Crippen molar-refractivity contribution in [2.75, 3.05) is 0 Å². The zero-order valence-electron chi connectivity index (χ0n) is 13.6. The van der Waals surface area contributed by atoms with E-state index >= 15 is 0 Å². The van der Waals surface area contributed by atoms with Crippen molar-refractivity contribution in [3.8, 4) is 0 Å². The summed E-state index contributed by atoms with van der Waals surface area (Å²) in [7, 11) is 0. The van der Waals surface area contributed by atoms with Crippen molar-refractivity contribution in [2.45, 2.75) is 57.7 Å². The van der Waals surface area contributed by atoms with Crippen LogP contribution in [0.2, 0.25) is 0 Å². The minimum atomic E-state index is -0.582. The summed E-state index contributed by atoms with van der Waals surface area (Å²) in [4.78, 5) is 24.0. The van der Waals surface area contributed by atoms with Crippen LogP contribution < -0.4 is 10.6 Å². The summed E-state index contributed by atoms with van der Waals surface area (Å²) >= 11 is 0. The molecule has 1 fully saturated rings. The second-order valence-electron chi connectivity index (χ2n) is 6.75. The zero-order valence-corrected chi connectivity index (χ0v) is 13.6. The molecule has 5 nitrogen and oxygen atoms in total. The van der Waals surface area contributed by atoms with Gasteiger partial charge in [-0.3, -0.25) is 4.79 Å². The van der Waals surface area contributed by atoms with Gasteiger partial charge in [0.15, 0.2) is 0 Å². The third kappa shape index (κ3) is 4.23. The molecule has 5 heteroatoms. The van der Waals surface area contributed by atoms with Gasteiger partial charge in [0.2, 0.25) is 5.91 Å². The Labute approximate surface area is 131 Å². The summed E-state index contributed by atoms with van der Waals surface area (Å²) in [6.45, 7) is 7.37. The third-order valence-electron chi connectivity index (χ3n) is 3.70. The molecule has 2 amide bonds. The Morgan fingerprint density at radius 3 is 2.50 bits per heavy atom. The lowest BCUT2D eigenvalue weighted by molar-refractivity contribution is -0.126. The highest BCUT2D eigenvalue weighted by molar-refractivity contribution is 5.86. The van der Waals surface area contributed by atoms with Gasteiger partial charge >= 0.3 is 6.09 Å². The Kier molecular flexibility index (Phi) is 4.74. The molecule has 2 N–H and O–H groups in total. The van der Waals surface area contributed by atoms with Gasteiger partial charge in [-0.25, -0.2) is 4.79 Å². The molecule has 22 heavy (non-hydrogen) atoms. The fraction of sp³-hybridized carbons (Fsp3) is 0.529. The maximum atomic E-state index is 12.1. The molecular weight excluding hydrogens is 280 g/mol. The fourth-order valence-corrected chi connectivity index (χ4v) is 2.69. The van der Waals surface area contributed by atoms with Crippen LogP contribution >= 0.6 is 0 Å². The highest BCUT2D eigenvalue weighted by atomic mass is 16.6. The van der Waals surface area contributed by atoms with Crippen LogP contribution in [0.5, 0.6) is 0 Å². The van der Waals surface area contributed by atoms with Crippen molar-refractivity contribution in [2.24, 2.45) is 0 Å². The number of alkyl carbamates (subject to hydrolysis) is 1. The SMILES string of the molecule is C[C@@H]1NC(=O)[C@H](NC(=O)OC(C)(C)C)C[C@@H]1c1ccccc1. The van der Waals surface area contributed by atoms with Gasteiger partial charge in [0.05, 0.1) is 0 Å². The first kappa shape index (κ1) is 16.3. The molecule has 1 aliphatic rings. The van der Waals surface area contributed by atoms with Crippen LogP contribution in [0, 0.1) is 0 Å². The van der Waals surface area contributed by atoms with E-state index in [0.717, 1.165) is 5.56 Å². The number of amides is 2. The molecule has 0 aliphatic carbocycles. The number of nitrogens with one attached hydrogen (secondary N) is 2. The van der Waals surface area contributed by atoms with E-state index in [1.807, 2.05) is 37.3 Å². The molecule has 0 aromatic heterocycles. The first-order valence-electron chi connectivity index (χ1n) is 7.61. The summed E-state index contributed by atoms with van der Waals surface area (Å²) in [6, 6.07) is 9.48. The summed E-state index contributed by atoms with van der Waals surface area (Å²) < 4.78 is 5.23. The molecule has 1 heterocycles.